The van der Waals surface area contributed by atoms with Crippen LogP contribution in [0.5, 0.6) is 5.75 Å². The van der Waals surface area contributed by atoms with Crippen LogP contribution in [0.2, 0.25) is 0 Å². The highest BCUT2D eigenvalue weighted by Gasteiger charge is 2.27. The average molecular weight is 315 g/mol. The minimum absolute atomic E-state index is 0.0970. The van der Waals surface area contributed by atoms with E-state index in [1.54, 1.807) is 25.4 Å². The lowest BCUT2D eigenvalue weighted by Crippen LogP contribution is -2.23. The van der Waals surface area contributed by atoms with Crippen molar-refractivity contribution in [3.63, 3.8) is 0 Å². The molecule has 0 amide bonds. The van der Waals surface area contributed by atoms with Gasteiger partial charge in [-0.3, -0.25) is 9.69 Å². The van der Waals surface area contributed by atoms with Crippen molar-refractivity contribution >= 4 is 17.1 Å². The number of hydrogen-bond acceptors (Lipinski definition) is 4. The van der Waals surface area contributed by atoms with Crippen LogP contribution in [-0.4, -0.2) is 24.3 Å². The third kappa shape index (κ3) is 3.08. The molecule has 0 unspecified atom stereocenters. The van der Waals surface area contributed by atoms with Gasteiger partial charge in [0.1, 0.15) is 5.75 Å². The molecule has 3 rings (SSSR count). The summed E-state index contributed by atoms with van der Waals surface area (Å²) in [6.45, 7) is 3.52. The van der Waals surface area contributed by atoms with Gasteiger partial charge >= 0.3 is 0 Å². The van der Waals surface area contributed by atoms with Gasteiger partial charge in [-0.1, -0.05) is 0 Å². The number of ketones is 1. The van der Waals surface area contributed by atoms with Crippen LogP contribution in [0.15, 0.2) is 35.0 Å². The molecular formula is C18H21NO2S. The third-order valence-corrected chi connectivity index (χ3v) is 5.05. The van der Waals surface area contributed by atoms with Gasteiger partial charge in [0.05, 0.1) is 7.11 Å². The first-order valence-corrected chi connectivity index (χ1v) is 8.57. The monoisotopic (exact) mass is 315 g/mol. The standard InChI is InChI=1S/C18H21NO2S/c1-13(20)14-5-6-18(21-2)16(10-14)11-19-8-3-4-17(19)15-7-9-22-12-15/h5-7,9-10,12,17H,3-4,8,11H2,1-2H3/t17-/m1/s1. The van der Waals surface area contributed by atoms with Crippen LogP contribution in [-0.2, 0) is 6.54 Å². The van der Waals surface area contributed by atoms with Crippen LogP contribution in [0.25, 0.3) is 0 Å². The fraction of sp³-hybridized carbons (Fsp3) is 0.389. The Labute approximate surface area is 135 Å². The van der Waals surface area contributed by atoms with Gasteiger partial charge in [-0.05, 0) is 66.9 Å². The van der Waals surface area contributed by atoms with Crippen molar-refractivity contribution in [1.29, 1.82) is 0 Å². The summed E-state index contributed by atoms with van der Waals surface area (Å²) in [7, 11) is 1.69. The van der Waals surface area contributed by atoms with Crippen molar-refractivity contribution in [1.82, 2.24) is 4.90 Å². The number of methoxy groups -OCH3 is 1. The van der Waals surface area contributed by atoms with Crippen molar-refractivity contribution < 1.29 is 9.53 Å². The molecule has 4 heteroatoms. The second-order valence-corrected chi connectivity index (χ2v) is 6.55. The Bertz CT molecular complexity index is 651. The molecule has 1 fully saturated rings. The van der Waals surface area contributed by atoms with Gasteiger partial charge in [-0.15, -0.1) is 0 Å². The van der Waals surface area contributed by atoms with Gasteiger partial charge in [0.15, 0.2) is 5.78 Å². The maximum atomic E-state index is 11.6. The van der Waals surface area contributed by atoms with E-state index in [1.165, 1.54) is 18.4 Å². The summed E-state index contributed by atoms with van der Waals surface area (Å²) in [6.07, 6.45) is 2.42. The topological polar surface area (TPSA) is 29.5 Å². The first-order valence-electron chi connectivity index (χ1n) is 7.63. The van der Waals surface area contributed by atoms with Crippen molar-refractivity contribution in [3.05, 3.63) is 51.7 Å². The maximum absolute atomic E-state index is 11.6. The van der Waals surface area contributed by atoms with E-state index in [-0.39, 0.29) is 5.78 Å². The van der Waals surface area contributed by atoms with Crippen LogP contribution in [0, 0.1) is 0 Å². The van der Waals surface area contributed by atoms with E-state index in [4.69, 9.17) is 4.74 Å². The molecule has 1 atom stereocenters. The SMILES string of the molecule is COc1ccc(C(C)=O)cc1CN1CCC[C@@H]1c1ccsc1. The predicted octanol–water partition coefficient (Wildman–Crippen LogP) is 4.30. The van der Waals surface area contributed by atoms with Gasteiger partial charge in [0, 0.05) is 23.7 Å². The molecule has 1 saturated heterocycles. The van der Waals surface area contributed by atoms with E-state index < -0.39 is 0 Å². The second kappa shape index (κ2) is 6.63. The molecule has 2 heterocycles. The highest BCUT2D eigenvalue weighted by molar-refractivity contribution is 7.07. The molecular weight excluding hydrogens is 294 g/mol. The zero-order valence-electron chi connectivity index (χ0n) is 13.0. The molecule has 1 aromatic carbocycles. The minimum Gasteiger partial charge on any atom is -0.496 e. The molecule has 116 valence electrons. The van der Waals surface area contributed by atoms with Crippen LogP contribution in [0.1, 0.15) is 47.3 Å². The molecule has 3 nitrogen and oxygen atoms in total. The molecule has 0 bridgehead atoms. The Balaban J connectivity index is 1.85. The van der Waals surface area contributed by atoms with E-state index in [0.717, 1.165) is 30.0 Å². The summed E-state index contributed by atoms with van der Waals surface area (Å²) in [5, 5.41) is 4.38. The van der Waals surface area contributed by atoms with E-state index in [1.807, 2.05) is 18.2 Å². The molecule has 1 aliphatic rings. The molecule has 0 N–H and O–H groups in total. The van der Waals surface area contributed by atoms with Gasteiger partial charge in [-0.25, -0.2) is 0 Å². The highest BCUT2D eigenvalue weighted by atomic mass is 32.1. The zero-order valence-corrected chi connectivity index (χ0v) is 13.9. The van der Waals surface area contributed by atoms with E-state index in [2.05, 4.69) is 21.7 Å². The summed E-state index contributed by atoms with van der Waals surface area (Å²) < 4.78 is 5.48. The fourth-order valence-corrected chi connectivity index (χ4v) is 3.90. The molecule has 2 aromatic rings. The molecule has 1 aromatic heterocycles. The smallest absolute Gasteiger partial charge is 0.159 e. The number of Topliss-reactive ketones (excluding diaryl/α,β-unsaturated/α-hetero) is 1. The normalized spacial score (nSPS) is 18.5. The Kier molecular flexibility index (Phi) is 4.60. The molecule has 0 aliphatic carbocycles. The minimum atomic E-state index is 0.0970. The van der Waals surface area contributed by atoms with Crippen molar-refractivity contribution in [2.24, 2.45) is 0 Å². The third-order valence-electron chi connectivity index (χ3n) is 4.35. The molecule has 1 aliphatic heterocycles. The molecule has 0 radical (unpaired) electrons. The summed E-state index contributed by atoms with van der Waals surface area (Å²) in [4.78, 5) is 14.1. The summed E-state index contributed by atoms with van der Waals surface area (Å²) in [6, 6.07) is 8.42. The Morgan fingerprint density at radius 3 is 2.95 bits per heavy atom. The Hall–Kier alpha value is -1.65. The quantitative estimate of drug-likeness (QED) is 0.771. The van der Waals surface area contributed by atoms with Crippen molar-refractivity contribution in [3.8, 4) is 5.75 Å². The summed E-state index contributed by atoms with van der Waals surface area (Å²) in [5.74, 6) is 0.959. The number of nitrogens with zero attached hydrogens (tertiary/aromatic N) is 1. The Morgan fingerprint density at radius 2 is 2.27 bits per heavy atom. The number of rotatable bonds is 5. The largest absolute Gasteiger partial charge is 0.496 e. The first-order chi connectivity index (χ1) is 10.7. The maximum Gasteiger partial charge on any atom is 0.159 e. The predicted molar refractivity (Wildman–Crippen MR) is 89.7 cm³/mol. The number of benzene rings is 1. The van der Waals surface area contributed by atoms with E-state index >= 15 is 0 Å². The molecule has 22 heavy (non-hydrogen) atoms. The van der Waals surface area contributed by atoms with Crippen LogP contribution < -0.4 is 4.74 Å². The number of likely N-dealkylation sites (tertiary alicyclic amines) is 1. The van der Waals surface area contributed by atoms with E-state index in [0.29, 0.717) is 6.04 Å². The van der Waals surface area contributed by atoms with Crippen LogP contribution >= 0.6 is 11.3 Å². The number of hydrogen-bond donors (Lipinski definition) is 0. The van der Waals surface area contributed by atoms with Gasteiger partial charge < -0.3 is 4.74 Å². The fourth-order valence-electron chi connectivity index (χ4n) is 3.20. The number of thiophene rings is 1. The van der Waals surface area contributed by atoms with Gasteiger partial charge in [0.25, 0.3) is 0 Å². The lowest BCUT2D eigenvalue weighted by atomic mass is 10.0. The van der Waals surface area contributed by atoms with Gasteiger partial charge in [0.2, 0.25) is 0 Å². The van der Waals surface area contributed by atoms with Crippen molar-refractivity contribution in [2.45, 2.75) is 32.4 Å². The highest BCUT2D eigenvalue weighted by Crippen LogP contribution is 2.35. The lowest BCUT2D eigenvalue weighted by molar-refractivity contribution is 0.101. The van der Waals surface area contributed by atoms with Gasteiger partial charge in [-0.2, -0.15) is 11.3 Å². The van der Waals surface area contributed by atoms with Crippen molar-refractivity contribution in [2.75, 3.05) is 13.7 Å². The molecule has 0 saturated carbocycles. The zero-order chi connectivity index (χ0) is 15.5. The second-order valence-electron chi connectivity index (χ2n) is 5.77. The number of carbonyl (C=O) groups excluding carboxylic acids is 1. The summed E-state index contributed by atoms with van der Waals surface area (Å²) in [5.41, 5.74) is 3.25. The summed E-state index contributed by atoms with van der Waals surface area (Å²) >= 11 is 1.75. The average Bonchev–Trinajstić information content (AvgIpc) is 3.17. The Morgan fingerprint density at radius 1 is 1.41 bits per heavy atom. The lowest BCUT2D eigenvalue weighted by Gasteiger charge is -2.25. The van der Waals surface area contributed by atoms with Crippen LogP contribution in [0.3, 0.4) is 0 Å². The van der Waals surface area contributed by atoms with Crippen LogP contribution in [0.4, 0.5) is 0 Å². The number of carbonyl (C=O) groups is 1. The first kappa shape index (κ1) is 15.3. The number of ether oxygens (including phenoxy) is 1. The molecule has 0 spiro atoms. The van der Waals surface area contributed by atoms with E-state index in [9.17, 15) is 4.79 Å².